The van der Waals surface area contributed by atoms with Crippen molar-refractivity contribution in [2.24, 2.45) is 5.92 Å². The number of nitro groups is 1. The van der Waals surface area contributed by atoms with Crippen molar-refractivity contribution >= 4 is 23.2 Å². The van der Waals surface area contributed by atoms with E-state index in [1.54, 1.807) is 0 Å². The topological polar surface area (TPSA) is 72.2 Å². The number of amides is 1. The van der Waals surface area contributed by atoms with Crippen molar-refractivity contribution in [2.45, 2.75) is 32.1 Å². The Kier molecular flexibility index (Phi) is 4.95. The molecule has 1 aromatic carbocycles. The van der Waals surface area contributed by atoms with Crippen LogP contribution >= 0.6 is 11.6 Å². The number of carbonyl (C=O) groups excluding carboxylic acids is 1. The van der Waals surface area contributed by atoms with Crippen LogP contribution in [-0.4, -0.2) is 17.4 Å². The zero-order chi connectivity index (χ0) is 14.5. The maximum absolute atomic E-state index is 12.1. The third-order valence-corrected chi connectivity index (χ3v) is 3.91. The minimum absolute atomic E-state index is 0.0650. The molecular formula is C14H17ClN2O3. The Balaban J connectivity index is 2.03. The van der Waals surface area contributed by atoms with Gasteiger partial charge in [-0.05, 0) is 30.9 Å². The van der Waals surface area contributed by atoms with E-state index in [-0.39, 0.29) is 16.3 Å². The number of nitro benzene ring substituents is 1. The second-order valence-electron chi connectivity index (χ2n) is 5.13. The molecule has 1 saturated carbocycles. The summed E-state index contributed by atoms with van der Waals surface area (Å²) in [6.45, 7) is 0.582. The van der Waals surface area contributed by atoms with E-state index >= 15 is 0 Å². The van der Waals surface area contributed by atoms with Gasteiger partial charge in [0.25, 0.3) is 11.6 Å². The highest BCUT2D eigenvalue weighted by Gasteiger charge is 2.21. The van der Waals surface area contributed by atoms with Gasteiger partial charge in [0.2, 0.25) is 0 Å². The lowest BCUT2D eigenvalue weighted by Gasteiger charge is -2.21. The summed E-state index contributed by atoms with van der Waals surface area (Å²) >= 11 is 5.73. The quantitative estimate of drug-likeness (QED) is 0.682. The normalized spacial score (nSPS) is 15.8. The van der Waals surface area contributed by atoms with Crippen molar-refractivity contribution < 1.29 is 9.72 Å². The molecule has 20 heavy (non-hydrogen) atoms. The van der Waals surface area contributed by atoms with Crippen molar-refractivity contribution in [1.29, 1.82) is 0 Å². The first-order chi connectivity index (χ1) is 9.58. The van der Waals surface area contributed by atoms with Crippen LogP contribution in [0.5, 0.6) is 0 Å². The van der Waals surface area contributed by atoms with Crippen molar-refractivity contribution in [3.05, 3.63) is 38.9 Å². The molecule has 2 rings (SSSR count). The van der Waals surface area contributed by atoms with Crippen LogP contribution in [0.3, 0.4) is 0 Å². The summed E-state index contributed by atoms with van der Waals surface area (Å²) < 4.78 is 0. The van der Waals surface area contributed by atoms with Gasteiger partial charge >= 0.3 is 0 Å². The van der Waals surface area contributed by atoms with E-state index < -0.39 is 10.8 Å². The van der Waals surface area contributed by atoms with E-state index in [1.165, 1.54) is 37.5 Å². The van der Waals surface area contributed by atoms with Crippen LogP contribution in [-0.2, 0) is 0 Å². The lowest BCUT2D eigenvalue weighted by atomic mass is 9.89. The molecule has 0 radical (unpaired) electrons. The maximum atomic E-state index is 12.1. The van der Waals surface area contributed by atoms with Crippen LogP contribution in [0.2, 0.25) is 5.02 Å². The van der Waals surface area contributed by atoms with Gasteiger partial charge in [-0.2, -0.15) is 0 Å². The number of hydrogen-bond acceptors (Lipinski definition) is 3. The number of hydrogen-bond donors (Lipinski definition) is 1. The Morgan fingerprint density at radius 3 is 2.70 bits per heavy atom. The zero-order valence-corrected chi connectivity index (χ0v) is 11.9. The lowest BCUT2D eigenvalue weighted by Crippen LogP contribution is -2.30. The van der Waals surface area contributed by atoms with Gasteiger partial charge in [-0.1, -0.05) is 30.9 Å². The van der Waals surface area contributed by atoms with Gasteiger partial charge in [-0.3, -0.25) is 14.9 Å². The number of carbonyl (C=O) groups is 1. The largest absolute Gasteiger partial charge is 0.352 e. The van der Waals surface area contributed by atoms with Crippen LogP contribution in [0.15, 0.2) is 18.2 Å². The first kappa shape index (κ1) is 14.8. The van der Waals surface area contributed by atoms with E-state index in [0.717, 1.165) is 12.8 Å². The zero-order valence-electron chi connectivity index (χ0n) is 11.1. The van der Waals surface area contributed by atoms with Gasteiger partial charge in [0, 0.05) is 17.6 Å². The molecule has 0 heterocycles. The second-order valence-corrected chi connectivity index (χ2v) is 5.57. The standard InChI is InChI=1S/C14H17ClN2O3/c15-11-6-7-12(13(8-11)17(19)20)14(18)16-9-10-4-2-1-3-5-10/h6-8,10H,1-5,9H2,(H,16,18). The monoisotopic (exact) mass is 296 g/mol. The van der Waals surface area contributed by atoms with Gasteiger partial charge in [0.05, 0.1) is 4.92 Å². The van der Waals surface area contributed by atoms with Crippen LogP contribution in [0.1, 0.15) is 42.5 Å². The minimum Gasteiger partial charge on any atom is -0.352 e. The van der Waals surface area contributed by atoms with Crippen LogP contribution < -0.4 is 5.32 Å². The Labute approximate surface area is 122 Å². The van der Waals surface area contributed by atoms with Crippen molar-refractivity contribution in [1.82, 2.24) is 5.32 Å². The van der Waals surface area contributed by atoms with Crippen molar-refractivity contribution in [3.8, 4) is 0 Å². The van der Waals surface area contributed by atoms with Crippen LogP contribution in [0, 0.1) is 16.0 Å². The summed E-state index contributed by atoms with van der Waals surface area (Å²) in [7, 11) is 0. The maximum Gasteiger partial charge on any atom is 0.283 e. The van der Waals surface area contributed by atoms with Gasteiger partial charge in [0.15, 0.2) is 0 Å². The summed E-state index contributed by atoms with van der Waals surface area (Å²) in [5.74, 6) is 0.0815. The molecule has 0 unspecified atom stereocenters. The highest BCUT2D eigenvalue weighted by Crippen LogP contribution is 2.25. The van der Waals surface area contributed by atoms with Gasteiger partial charge < -0.3 is 5.32 Å². The molecule has 0 saturated heterocycles. The predicted octanol–water partition coefficient (Wildman–Crippen LogP) is 3.56. The van der Waals surface area contributed by atoms with Crippen molar-refractivity contribution in [3.63, 3.8) is 0 Å². The predicted molar refractivity (Wildman–Crippen MR) is 77.0 cm³/mol. The lowest BCUT2D eigenvalue weighted by molar-refractivity contribution is -0.385. The summed E-state index contributed by atoms with van der Waals surface area (Å²) in [4.78, 5) is 22.4. The number of rotatable bonds is 4. The average Bonchev–Trinajstić information content (AvgIpc) is 2.45. The number of nitrogens with one attached hydrogen (secondary N) is 1. The molecule has 6 heteroatoms. The molecule has 1 fully saturated rings. The fourth-order valence-electron chi connectivity index (χ4n) is 2.57. The minimum atomic E-state index is -0.582. The summed E-state index contributed by atoms with van der Waals surface area (Å²) in [5, 5.41) is 14.0. The van der Waals surface area contributed by atoms with E-state index in [4.69, 9.17) is 11.6 Å². The van der Waals surface area contributed by atoms with Gasteiger partial charge in [-0.15, -0.1) is 0 Å². The van der Waals surface area contributed by atoms with Crippen LogP contribution in [0.4, 0.5) is 5.69 Å². The fraction of sp³-hybridized carbons (Fsp3) is 0.500. The van der Waals surface area contributed by atoms with E-state index in [0.29, 0.717) is 12.5 Å². The highest BCUT2D eigenvalue weighted by molar-refractivity contribution is 6.31. The Morgan fingerprint density at radius 2 is 2.05 bits per heavy atom. The summed E-state index contributed by atoms with van der Waals surface area (Å²) in [5.41, 5.74) is -0.186. The molecule has 0 aromatic heterocycles. The number of benzene rings is 1. The Bertz CT molecular complexity index is 513. The average molecular weight is 297 g/mol. The SMILES string of the molecule is O=C(NCC1CCCCC1)c1ccc(Cl)cc1[N+](=O)[O-]. The molecule has 0 atom stereocenters. The third kappa shape index (κ3) is 3.70. The molecule has 1 N–H and O–H groups in total. The molecule has 108 valence electrons. The van der Waals surface area contributed by atoms with E-state index in [2.05, 4.69) is 5.32 Å². The Morgan fingerprint density at radius 1 is 1.35 bits per heavy atom. The third-order valence-electron chi connectivity index (χ3n) is 3.68. The molecule has 1 aromatic rings. The van der Waals surface area contributed by atoms with Crippen molar-refractivity contribution in [2.75, 3.05) is 6.54 Å². The molecular weight excluding hydrogens is 280 g/mol. The first-order valence-corrected chi connectivity index (χ1v) is 7.18. The first-order valence-electron chi connectivity index (χ1n) is 6.80. The highest BCUT2D eigenvalue weighted by atomic mass is 35.5. The summed E-state index contributed by atoms with van der Waals surface area (Å²) in [6, 6.07) is 4.10. The molecule has 0 spiro atoms. The molecule has 1 aliphatic rings. The molecule has 1 amide bonds. The Hall–Kier alpha value is -1.62. The fourth-order valence-corrected chi connectivity index (χ4v) is 2.74. The van der Waals surface area contributed by atoms with Gasteiger partial charge in [0.1, 0.15) is 5.56 Å². The molecule has 5 nitrogen and oxygen atoms in total. The summed E-state index contributed by atoms with van der Waals surface area (Å²) in [6.07, 6.45) is 5.88. The molecule has 0 aliphatic heterocycles. The number of halogens is 1. The second kappa shape index (κ2) is 6.70. The van der Waals surface area contributed by atoms with Crippen LogP contribution in [0.25, 0.3) is 0 Å². The molecule has 0 bridgehead atoms. The van der Waals surface area contributed by atoms with E-state index in [9.17, 15) is 14.9 Å². The van der Waals surface area contributed by atoms with Gasteiger partial charge in [-0.25, -0.2) is 0 Å². The smallest absolute Gasteiger partial charge is 0.283 e. The van der Waals surface area contributed by atoms with E-state index in [1.807, 2.05) is 0 Å². The molecule has 1 aliphatic carbocycles. The number of nitrogens with zero attached hydrogens (tertiary/aromatic N) is 1.